The minimum absolute atomic E-state index is 0.0794. The molecule has 1 aromatic heterocycles. The summed E-state index contributed by atoms with van der Waals surface area (Å²) in [6, 6.07) is 4.80. The average Bonchev–Trinajstić information content (AvgIpc) is 3.11. The Morgan fingerprint density at radius 2 is 2.03 bits per heavy atom. The first kappa shape index (κ1) is 19.8. The van der Waals surface area contributed by atoms with Gasteiger partial charge in [0.15, 0.2) is 0 Å². The van der Waals surface area contributed by atoms with E-state index in [-0.39, 0.29) is 37.7 Å². The number of amides is 1. The second-order valence-corrected chi connectivity index (χ2v) is 7.50. The van der Waals surface area contributed by atoms with E-state index in [0.717, 1.165) is 17.8 Å². The summed E-state index contributed by atoms with van der Waals surface area (Å²) in [5.74, 6) is -0.0794. The van der Waals surface area contributed by atoms with E-state index in [1.54, 1.807) is 4.68 Å². The lowest BCUT2D eigenvalue weighted by atomic mass is 9.86. The zero-order valence-electron chi connectivity index (χ0n) is 16.1. The summed E-state index contributed by atoms with van der Waals surface area (Å²) in [6.07, 6.45) is -3.80. The number of benzene rings is 1. The van der Waals surface area contributed by atoms with E-state index < -0.39 is 17.3 Å². The maximum atomic E-state index is 13.0. The van der Waals surface area contributed by atoms with Crippen LogP contribution >= 0.6 is 0 Å². The number of rotatable bonds is 3. The fourth-order valence-corrected chi connectivity index (χ4v) is 4.14. The number of ether oxygens (including phenoxy) is 1. The van der Waals surface area contributed by atoms with Crippen LogP contribution < -0.4 is 10.6 Å². The van der Waals surface area contributed by atoms with Crippen molar-refractivity contribution < 1.29 is 22.7 Å². The van der Waals surface area contributed by atoms with Crippen molar-refractivity contribution >= 4 is 5.91 Å². The molecule has 1 aromatic carbocycles. The van der Waals surface area contributed by atoms with Gasteiger partial charge in [-0.15, -0.1) is 5.10 Å². The van der Waals surface area contributed by atoms with Crippen molar-refractivity contribution in [2.24, 2.45) is 0 Å². The average molecular weight is 409 g/mol. The Bertz CT molecular complexity index is 912. The Hall–Kier alpha value is -2.46. The lowest BCUT2D eigenvalue weighted by Crippen LogP contribution is -2.51. The van der Waals surface area contributed by atoms with Gasteiger partial charge in [-0.25, -0.2) is 4.68 Å². The topological polar surface area (TPSA) is 81.1 Å². The van der Waals surface area contributed by atoms with Gasteiger partial charge in [0.1, 0.15) is 11.2 Å². The molecule has 2 aromatic rings. The van der Waals surface area contributed by atoms with Gasteiger partial charge in [0.25, 0.3) is 0 Å². The smallest absolute Gasteiger partial charge is 0.372 e. The standard InChI is InChI=1S/C19H22F3N5O2/c1-3-18(12-4-6-13(7-5-12)19(20,21)22)10-29-9-15-17(25-26-27(15)18)14-8-16(28)24-11(2)23-14/h4-7,11,14,23H,3,8-10H2,1-2H3,(H,24,28). The van der Waals surface area contributed by atoms with E-state index in [4.69, 9.17) is 4.74 Å². The molecule has 156 valence electrons. The van der Waals surface area contributed by atoms with Crippen LogP contribution in [0.3, 0.4) is 0 Å². The molecule has 2 aliphatic rings. The van der Waals surface area contributed by atoms with Crippen molar-refractivity contribution in [2.75, 3.05) is 6.61 Å². The fourth-order valence-electron chi connectivity index (χ4n) is 4.14. The minimum atomic E-state index is -4.39. The summed E-state index contributed by atoms with van der Waals surface area (Å²) in [6.45, 7) is 4.33. The predicted octanol–water partition coefficient (Wildman–Crippen LogP) is 2.48. The van der Waals surface area contributed by atoms with Gasteiger partial charge < -0.3 is 10.1 Å². The molecule has 0 saturated carbocycles. The lowest BCUT2D eigenvalue weighted by Gasteiger charge is -2.38. The molecule has 2 aliphatic heterocycles. The van der Waals surface area contributed by atoms with Crippen molar-refractivity contribution in [1.82, 2.24) is 25.6 Å². The Labute approximate surface area is 165 Å². The molecule has 0 bridgehead atoms. The number of halogens is 3. The van der Waals surface area contributed by atoms with Crippen LogP contribution in [0.4, 0.5) is 13.2 Å². The number of hydrogen-bond acceptors (Lipinski definition) is 5. The van der Waals surface area contributed by atoms with E-state index in [9.17, 15) is 18.0 Å². The zero-order chi connectivity index (χ0) is 20.8. The Morgan fingerprint density at radius 3 is 2.66 bits per heavy atom. The Morgan fingerprint density at radius 1 is 1.31 bits per heavy atom. The number of alkyl halides is 3. The molecule has 4 rings (SSSR count). The molecule has 1 fully saturated rings. The summed E-state index contributed by atoms with van der Waals surface area (Å²) >= 11 is 0. The SMILES string of the molecule is CCC1(c2ccc(C(F)(F)F)cc2)COCc2c(C3CC(=O)NC(C)N3)nnn21. The first-order chi connectivity index (χ1) is 13.7. The van der Waals surface area contributed by atoms with E-state index in [1.165, 1.54) is 12.1 Å². The van der Waals surface area contributed by atoms with Crippen molar-refractivity contribution in [3.05, 3.63) is 46.8 Å². The van der Waals surface area contributed by atoms with Crippen molar-refractivity contribution in [1.29, 1.82) is 0 Å². The molecule has 3 atom stereocenters. The van der Waals surface area contributed by atoms with Gasteiger partial charge in [-0.2, -0.15) is 13.2 Å². The molecule has 1 amide bonds. The van der Waals surface area contributed by atoms with Crippen LogP contribution in [0.25, 0.3) is 0 Å². The van der Waals surface area contributed by atoms with Crippen molar-refractivity contribution in [2.45, 2.75) is 57.2 Å². The van der Waals surface area contributed by atoms with Crippen LogP contribution in [-0.2, 0) is 27.9 Å². The molecule has 29 heavy (non-hydrogen) atoms. The number of nitrogens with one attached hydrogen (secondary N) is 2. The van der Waals surface area contributed by atoms with Crippen LogP contribution in [0, 0.1) is 0 Å². The molecule has 10 heteroatoms. The highest BCUT2D eigenvalue weighted by Gasteiger charge is 2.42. The summed E-state index contributed by atoms with van der Waals surface area (Å²) in [5.41, 5.74) is 0.586. The van der Waals surface area contributed by atoms with Crippen LogP contribution in [-0.4, -0.2) is 33.7 Å². The van der Waals surface area contributed by atoms with Crippen molar-refractivity contribution in [3.63, 3.8) is 0 Å². The number of hydrogen-bond donors (Lipinski definition) is 2. The molecule has 0 radical (unpaired) electrons. The summed E-state index contributed by atoms with van der Waals surface area (Å²) < 4.78 is 46.5. The molecule has 3 heterocycles. The third kappa shape index (κ3) is 3.40. The quantitative estimate of drug-likeness (QED) is 0.814. The van der Waals surface area contributed by atoms with E-state index in [0.29, 0.717) is 17.7 Å². The summed E-state index contributed by atoms with van der Waals surface area (Å²) in [5, 5.41) is 14.7. The van der Waals surface area contributed by atoms with Crippen LogP contribution in [0.1, 0.15) is 55.2 Å². The fraction of sp³-hybridized carbons (Fsp3) is 0.526. The highest BCUT2D eigenvalue weighted by molar-refractivity contribution is 5.77. The highest BCUT2D eigenvalue weighted by Crippen LogP contribution is 2.38. The van der Waals surface area contributed by atoms with Gasteiger partial charge >= 0.3 is 6.18 Å². The van der Waals surface area contributed by atoms with E-state index in [1.807, 2.05) is 13.8 Å². The minimum Gasteiger partial charge on any atom is -0.372 e. The largest absolute Gasteiger partial charge is 0.416 e. The number of carbonyl (C=O) groups is 1. The lowest BCUT2D eigenvalue weighted by molar-refractivity contribution is -0.137. The van der Waals surface area contributed by atoms with E-state index >= 15 is 0 Å². The first-order valence-corrected chi connectivity index (χ1v) is 9.50. The van der Waals surface area contributed by atoms with Gasteiger partial charge in [-0.1, -0.05) is 24.3 Å². The molecule has 0 aliphatic carbocycles. The second-order valence-electron chi connectivity index (χ2n) is 7.50. The molecule has 1 saturated heterocycles. The van der Waals surface area contributed by atoms with Crippen LogP contribution in [0.15, 0.2) is 24.3 Å². The second kappa shape index (κ2) is 7.10. The van der Waals surface area contributed by atoms with Crippen molar-refractivity contribution in [3.8, 4) is 0 Å². The maximum absolute atomic E-state index is 13.0. The number of fused-ring (bicyclic) bond motifs is 1. The number of carbonyl (C=O) groups excluding carboxylic acids is 1. The predicted molar refractivity (Wildman–Crippen MR) is 96.6 cm³/mol. The van der Waals surface area contributed by atoms with Gasteiger partial charge in [-0.3, -0.25) is 10.1 Å². The Balaban J connectivity index is 1.73. The molecular weight excluding hydrogens is 387 g/mol. The molecule has 0 spiro atoms. The monoisotopic (exact) mass is 409 g/mol. The van der Waals surface area contributed by atoms with Crippen LogP contribution in [0.5, 0.6) is 0 Å². The van der Waals surface area contributed by atoms with Gasteiger partial charge in [0.05, 0.1) is 36.7 Å². The normalized spacial score (nSPS) is 27.4. The van der Waals surface area contributed by atoms with Gasteiger partial charge in [-0.05, 0) is 31.0 Å². The molecule has 3 unspecified atom stereocenters. The zero-order valence-corrected chi connectivity index (χ0v) is 16.1. The summed E-state index contributed by atoms with van der Waals surface area (Å²) in [7, 11) is 0. The first-order valence-electron chi connectivity index (χ1n) is 9.50. The molecular formula is C19H22F3N5O2. The molecule has 7 nitrogen and oxygen atoms in total. The van der Waals surface area contributed by atoms with Crippen LogP contribution in [0.2, 0.25) is 0 Å². The number of nitrogens with zero attached hydrogens (tertiary/aromatic N) is 3. The van der Waals surface area contributed by atoms with E-state index in [2.05, 4.69) is 20.9 Å². The van der Waals surface area contributed by atoms with Gasteiger partial charge in [0, 0.05) is 6.42 Å². The maximum Gasteiger partial charge on any atom is 0.416 e. The highest BCUT2D eigenvalue weighted by atomic mass is 19.4. The summed E-state index contributed by atoms with van der Waals surface area (Å²) in [4.78, 5) is 11.9. The van der Waals surface area contributed by atoms with Gasteiger partial charge in [0.2, 0.25) is 5.91 Å². The third-order valence-corrected chi connectivity index (χ3v) is 5.66. The Kier molecular flexibility index (Phi) is 4.86. The third-order valence-electron chi connectivity index (χ3n) is 5.66. The number of aromatic nitrogens is 3. The molecule has 2 N–H and O–H groups in total.